The van der Waals surface area contributed by atoms with Crippen molar-refractivity contribution in [2.24, 2.45) is 0 Å². The number of rotatable bonds is 0. The fourth-order valence-corrected chi connectivity index (χ4v) is 0. The first-order valence-electron chi connectivity index (χ1n) is 0.730. The van der Waals surface area contributed by atoms with Gasteiger partial charge >= 0.3 is 108 Å². The Morgan fingerprint density at radius 3 is 0.889 bits per heavy atom. The fourth-order valence-electron chi connectivity index (χ4n) is 0. The number of hydrogen-bond donors (Lipinski definition) is 0. The maximum atomic E-state index is 8.55. The van der Waals surface area contributed by atoms with E-state index in [2.05, 4.69) is 0 Å². The standard InChI is InChI=1S/Li.3Na.H3O4P.H/c;;;;1-5(2,3)4;/h;;;;(H3,1,2,3,4);/q;3*+1;;/p-3. The second-order valence-electron chi connectivity index (χ2n) is 0.447. The van der Waals surface area contributed by atoms with Gasteiger partial charge in [-0.3, -0.25) is 0 Å². The van der Waals surface area contributed by atoms with E-state index in [1.165, 1.54) is 0 Å². The van der Waals surface area contributed by atoms with Crippen LogP contribution in [-0.4, -0.2) is 18.9 Å². The van der Waals surface area contributed by atoms with Crippen LogP contribution in [0.15, 0.2) is 0 Å². The summed E-state index contributed by atoms with van der Waals surface area (Å²) < 4.78 is 8.55. The van der Waals surface area contributed by atoms with Crippen molar-refractivity contribution in [3.8, 4) is 0 Å². The Labute approximate surface area is 132 Å². The molecule has 0 N–H and O–H groups in total. The molecule has 0 saturated carbocycles. The van der Waals surface area contributed by atoms with Gasteiger partial charge in [0.05, 0.1) is 0 Å². The van der Waals surface area contributed by atoms with Crippen LogP contribution in [0.3, 0.4) is 0 Å². The summed E-state index contributed by atoms with van der Waals surface area (Å²) >= 11 is 0. The van der Waals surface area contributed by atoms with E-state index >= 15 is 0 Å². The molecule has 0 fully saturated rings. The van der Waals surface area contributed by atoms with Crippen molar-refractivity contribution in [3.05, 3.63) is 0 Å². The third kappa shape index (κ3) is 80.3. The molecule has 34 valence electrons. The summed E-state index contributed by atoms with van der Waals surface area (Å²) in [6.07, 6.45) is 0. The van der Waals surface area contributed by atoms with Crippen LogP contribution in [0.5, 0.6) is 0 Å². The van der Waals surface area contributed by atoms with Crippen molar-refractivity contribution in [1.29, 1.82) is 0 Å². The van der Waals surface area contributed by atoms with Gasteiger partial charge in [-0.05, 0) is 0 Å². The molecule has 0 aromatic carbocycles. The molecule has 0 aliphatic rings. The first kappa shape index (κ1) is 29.3. The normalized spacial score (nSPS) is 6.56. The quantitative estimate of drug-likeness (QED) is 0.268. The Balaban J connectivity index is -0.0000000133. The molecule has 0 spiro atoms. The second kappa shape index (κ2) is 14.2. The maximum absolute atomic E-state index is 8.55. The third-order valence-corrected chi connectivity index (χ3v) is 0. The Morgan fingerprint density at radius 2 is 0.889 bits per heavy atom. The van der Waals surface area contributed by atoms with Crippen LogP contribution >= 0.6 is 7.82 Å². The van der Waals surface area contributed by atoms with Crippen molar-refractivity contribution in [1.82, 2.24) is 0 Å². The first-order chi connectivity index (χ1) is 2.00. The van der Waals surface area contributed by atoms with Gasteiger partial charge in [0.25, 0.3) is 0 Å². The topological polar surface area (TPSA) is 86.2 Å². The van der Waals surface area contributed by atoms with Crippen LogP contribution in [-0.2, 0) is 4.57 Å². The average molecular weight is 172 g/mol. The van der Waals surface area contributed by atoms with Crippen LogP contribution < -0.4 is 103 Å². The summed E-state index contributed by atoms with van der Waals surface area (Å²) in [5.41, 5.74) is 0. The Kier molecular flexibility index (Phi) is 46.4. The largest absolute Gasteiger partial charge is 1.00 e. The van der Waals surface area contributed by atoms with Gasteiger partial charge in [0.1, 0.15) is 0 Å². The molecular formula is HLiNa3O4P. The summed E-state index contributed by atoms with van der Waals surface area (Å²) in [4.78, 5) is 25.6. The molecule has 0 rings (SSSR count). The smallest absolute Gasteiger partial charge is 1.00 e. The van der Waals surface area contributed by atoms with E-state index in [1.54, 1.807) is 0 Å². The van der Waals surface area contributed by atoms with Gasteiger partial charge in [0, 0.05) is 0 Å². The van der Waals surface area contributed by atoms with Gasteiger partial charge in [-0.2, -0.15) is 7.82 Å². The molecule has 0 aromatic rings. The molecule has 0 unspecified atom stereocenters. The first-order valence-corrected chi connectivity index (χ1v) is 2.19. The van der Waals surface area contributed by atoms with E-state index in [0.717, 1.165) is 0 Å². The van der Waals surface area contributed by atoms with Gasteiger partial charge in [-0.25, -0.2) is 0 Å². The minimum atomic E-state index is -5.39. The minimum Gasteiger partial charge on any atom is 1.00 e. The zero-order valence-electron chi connectivity index (χ0n) is 5.08. The Bertz CT molecular complexity index is 61.9. The fraction of sp³-hybridized carbons (Fsp3) is 0. The van der Waals surface area contributed by atoms with Crippen LogP contribution in [0.25, 0.3) is 0 Å². The zero-order chi connectivity index (χ0) is 4.50. The van der Waals surface area contributed by atoms with Crippen LogP contribution in [0.4, 0.5) is 0 Å². The second-order valence-corrected chi connectivity index (χ2v) is 1.34. The molecular weight excluding hydrogens is 171 g/mol. The predicted molar refractivity (Wildman–Crippen MR) is 14.8 cm³/mol. The van der Waals surface area contributed by atoms with Gasteiger partial charge in [0.2, 0.25) is 0 Å². The summed E-state index contributed by atoms with van der Waals surface area (Å²) in [7, 11) is -5.39. The van der Waals surface area contributed by atoms with Gasteiger partial charge < -0.3 is 19.2 Å². The van der Waals surface area contributed by atoms with E-state index in [1.807, 2.05) is 0 Å². The van der Waals surface area contributed by atoms with Crippen molar-refractivity contribution >= 4 is 26.7 Å². The molecule has 0 saturated heterocycles. The molecule has 0 bridgehead atoms. The maximum Gasteiger partial charge on any atom is 1.00 e. The van der Waals surface area contributed by atoms with Crippen molar-refractivity contribution in [2.45, 2.75) is 0 Å². The van der Waals surface area contributed by atoms with Crippen LogP contribution in [0.2, 0.25) is 0 Å². The number of phosphoric acid groups is 1. The summed E-state index contributed by atoms with van der Waals surface area (Å²) in [6, 6.07) is 0. The average Bonchev–Trinajstić information content (AvgIpc) is 0.722. The SMILES string of the molecule is O=P([O-])([O-])[O-].[LiH].[Na+].[Na+].[Na+]. The monoisotopic (exact) mass is 172 g/mol. The molecule has 0 heterocycles. The molecule has 0 amide bonds. The third-order valence-electron chi connectivity index (χ3n) is 0. The van der Waals surface area contributed by atoms with Gasteiger partial charge in [-0.15, -0.1) is 0 Å². The molecule has 0 aromatic heterocycles. The minimum absolute atomic E-state index is 0. The van der Waals surface area contributed by atoms with Crippen molar-refractivity contribution < 1.29 is 108 Å². The number of hydrogen-bond acceptors (Lipinski definition) is 4. The summed E-state index contributed by atoms with van der Waals surface area (Å²) in [5.74, 6) is 0. The Hall–Kier alpha value is 3.71. The van der Waals surface area contributed by atoms with Crippen molar-refractivity contribution in [3.63, 3.8) is 0 Å². The molecule has 0 atom stereocenters. The van der Waals surface area contributed by atoms with E-state index in [-0.39, 0.29) is 108 Å². The van der Waals surface area contributed by atoms with E-state index in [9.17, 15) is 0 Å². The van der Waals surface area contributed by atoms with E-state index < -0.39 is 7.82 Å². The van der Waals surface area contributed by atoms with Gasteiger partial charge in [0.15, 0.2) is 0 Å². The molecule has 0 aliphatic carbocycles. The van der Waals surface area contributed by atoms with Crippen LogP contribution in [0, 0.1) is 0 Å². The van der Waals surface area contributed by atoms with Gasteiger partial charge in [-0.1, -0.05) is 0 Å². The predicted octanol–water partition coefficient (Wildman–Crippen LogP) is -12.5. The molecule has 4 nitrogen and oxygen atoms in total. The molecule has 0 radical (unpaired) electrons. The summed E-state index contributed by atoms with van der Waals surface area (Å²) in [5, 5.41) is 0. The molecule has 0 aliphatic heterocycles. The van der Waals surface area contributed by atoms with E-state index in [0.29, 0.717) is 0 Å². The van der Waals surface area contributed by atoms with Crippen molar-refractivity contribution in [2.75, 3.05) is 0 Å². The zero-order valence-corrected chi connectivity index (χ0v) is 12.0. The van der Waals surface area contributed by atoms with Crippen LogP contribution in [0.1, 0.15) is 0 Å². The molecule has 9 heavy (non-hydrogen) atoms. The van der Waals surface area contributed by atoms with E-state index in [4.69, 9.17) is 19.2 Å². The Morgan fingerprint density at radius 1 is 0.889 bits per heavy atom. The summed E-state index contributed by atoms with van der Waals surface area (Å²) in [6.45, 7) is 0. The molecule has 9 heteroatoms.